The first kappa shape index (κ1) is 15.8. The third kappa shape index (κ3) is 2.56. The third-order valence-electron chi connectivity index (χ3n) is 4.37. The van der Waals surface area contributed by atoms with Crippen LogP contribution < -0.4 is 0 Å². The smallest absolute Gasteiger partial charge is 0.163 e. The number of fused-ring (bicyclic) bond motifs is 1. The van der Waals surface area contributed by atoms with E-state index in [1.165, 1.54) is 5.56 Å². The summed E-state index contributed by atoms with van der Waals surface area (Å²) in [5, 5.41) is 9.06. The molecule has 124 valence electrons. The number of nitrogens with zero attached hydrogens (tertiary/aromatic N) is 4. The van der Waals surface area contributed by atoms with Crippen LogP contribution in [-0.4, -0.2) is 14.4 Å². The van der Waals surface area contributed by atoms with Gasteiger partial charge in [0.1, 0.15) is 5.69 Å². The molecule has 0 radical (unpaired) electrons. The van der Waals surface area contributed by atoms with Crippen LogP contribution in [0.4, 0.5) is 0 Å². The average Bonchev–Trinajstić information content (AvgIpc) is 3.17. The Labute approximate surface area is 151 Å². The molecule has 0 aliphatic heterocycles. The summed E-state index contributed by atoms with van der Waals surface area (Å²) in [5.74, 6) is 0. The summed E-state index contributed by atoms with van der Waals surface area (Å²) < 4.78 is 2.04. The largest absolute Gasteiger partial charge is 0.296 e. The highest BCUT2D eigenvalue weighted by Gasteiger charge is 2.16. The van der Waals surface area contributed by atoms with Gasteiger partial charge in [-0.05, 0) is 25.1 Å². The van der Waals surface area contributed by atoms with Crippen molar-refractivity contribution in [3.8, 4) is 28.6 Å². The second-order valence-corrected chi connectivity index (χ2v) is 6.07. The Kier molecular flexibility index (Phi) is 3.83. The summed E-state index contributed by atoms with van der Waals surface area (Å²) >= 11 is 0. The molecule has 2 aromatic carbocycles. The molecule has 26 heavy (non-hydrogen) atoms. The highest BCUT2D eigenvalue weighted by atomic mass is 15.0. The van der Waals surface area contributed by atoms with Crippen molar-refractivity contribution in [1.29, 1.82) is 5.26 Å². The number of hydrogen-bond acceptors (Lipinski definition) is 3. The zero-order valence-electron chi connectivity index (χ0n) is 14.3. The van der Waals surface area contributed by atoms with Crippen molar-refractivity contribution < 1.29 is 0 Å². The van der Waals surface area contributed by atoms with Crippen LogP contribution in [0.15, 0.2) is 67.5 Å². The van der Waals surface area contributed by atoms with Gasteiger partial charge in [0, 0.05) is 23.5 Å². The first-order chi connectivity index (χ1) is 12.7. The van der Waals surface area contributed by atoms with E-state index in [0.717, 1.165) is 33.9 Å². The minimum absolute atomic E-state index is 0.623. The summed E-state index contributed by atoms with van der Waals surface area (Å²) in [5.41, 5.74) is 7.12. The normalized spacial score (nSPS) is 10.6. The number of benzene rings is 2. The molecule has 0 aliphatic rings. The SMILES string of the molecule is C=Cc1nc(-c2ccc(C#N)cc2)c(-c2ccc(C)cc2)n2ccnc12. The molecule has 0 saturated heterocycles. The van der Waals surface area contributed by atoms with Gasteiger partial charge >= 0.3 is 0 Å². The van der Waals surface area contributed by atoms with E-state index in [0.29, 0.717) is 5.56 Å². The van der Waals surface area contributed by atoms with Crippen molar-refractivity contribution in [3.05, 3.63) is 84.3 Å². The van der Waals surface area contributed by atoms with Gasteiger partial charge in [-0.2, -0.15) is 5.26 Å². The van der Waals surface area contributed by atoms with Crippen LogP contribution in [0.1, 0.15) is 16.8 Å². The van der Waals surface area contributed by atoms with E-state index in [4.69, 9.17) is 10.2 Å². The minimum atomic E-state index is 0.623. The molecule has 4 aromatic rings. The number of aryl methyl sites for hydroxylation is 1. The first-order valence-corrected chi connectivity index (χ1v) is 8.28. The van der Waals surface area contributed by atoms with Gasteiger partial charge in [0.05, 0.1) is 23.0 Å². The lowest BCUT2D eigenvalue weighted by atomic mass is 10.0. The predicted octanol–water partition coefficient (Wildman–Crippen LogP) is 4.89. The topological polar surface area (TPSA) is 54.0 Å². The molecule has 2 heterocycles. The molecule has 0 spiro atoms. The molecule has 0 saturated carbocycles. The van der Waals surface area contributed by atoms with Gasteiger partial charge in [-0.25, -0.2) is 9.97 Å². The number of imidazole rings is 1. The van der Waals surface area contributed by atoms with Crippen LogP contribution >= 0.6 is 0 Å². The van der Waals surface area contributed by atoms with Crippen LogP contribution in [0.3, 0.4) is 0 Å². The van der Waals surface area contributed by atoms with Gasteiger partial charge in [0.25, 0.3) is 0 Å². The van der Waals surface area contributed by atoms with E-state index in [9.17, 15) is 0 Å². The number of nitriles is 1. The van der Waals surface area contributed by atoms with Gasteiger partial charge in [-0.3, -0.25) is 4.40 Å². The van der Waals surface area contributed by atoms with Crippen molar-refractivity contribution in [2.24, 2.45) is 0 Å². The molecule has 0 aliphatic carbocycles. The number of aromatic nitrogens is 3. The lowest BCUT2D eigenvalue weighted by Crippen LogP contribution is -2.01. The maximum absolute atomic E-state index is 9.06. The van der Waals surface area contributed by atoms with E-state index >= 15 is 0 Å². The van der Waals surface area contributed by atoms with Crippen LogP contribution in [-0.2, 0) is 0 Å². The first-order valence-electron chi connectivity index (χ1n) is 8.28. The third-order valence-corrected chi connectivity index (χ3v) is 4.37. The van der Waals surface area contributed by atoms with E-state index in [1.807, 2.05) is 34.9 Å². The summed E-state index contributed by atoms with van der Waals surface area (Å²) in [4.78, 5) is 9.27. The molecule has 4 nitrogen and oxygen atoms in total. The molecule has 4 heteroatoms. The summed E-state index contributed by atoms with van der Waals surface area (Å²) in [7, 11) is 0. The lowest BCUT2D eigenvalue weighted by Gasteiger charge is -2.14. The van der Waals surface area contributed by atoms with Crippen LogP contribution in [0.5, 0.6) is 0 Å². The van der Waals surface area contributed by atoms with E-state index in [1.54, 1.807) is 12.3 Å². The fourth-order valence-corrected chi connectivity index (χ4v) is 3.04. The summed E-state index contributed by atoms with van der Waals surface area (Å²) in [6.07, 6.45) is 5.42. The fraction of sp³-hybridized carbons (Fsp3) is 0.0455. The zero-order chi connectivity index (χ0) is 18.1. The second-order valence-electron chi connectivity index (χ2n) is 6.07. The molecule has 0 atom stereocenters. The monoisotopic (exact) mass is 336 g/mol. The Balaban J connectivity index is 2.06. The minimum Gasteiger partial charge on any atom is -0.296 e. The molecule has 4 rings (SSSR count). The Bertz CT molecular complexity index is 1140. The van der Waals surface area contributed by atoms with Crippen molar-refractivity contribution in [3.63, 3.8) is 0 Å². The fourth-order valence-electron chi connectivity index (χ4n) is 3.04. The quantitative estimate of drug-likeness (QED) is 0.535. The summed E-state index contributed by atoms with van der Waals surface area (Å²) in [6.45, 7) is 5.94. The van der Waals surface area contributed by atoms with Gasteiger partial charge in [-0.15, -0.1) is 0 Å². The lowest BCUT2D eigenvalue weighted by molar-refractivity contribution is 1.13. The van der Waals surface area contributed by atoms with E-state index in [2.05, 4.69) is 48.8 Å². The molecule has 0 fully saturated rings. The summed E-state index contributed by atoms with van der Waals surface area (Å²) in [6, 6.07) is 18.0. The maximum atomic E-state index is 9.06. The predicted molar refractivity (Wildman–Crippen MR) is 103 cm³/mol. The zero-order valence-corrected chi connectivity index (χ0v) is 14.3. The van der Waals surface area contributed by atoms with E-state index < -0.39 is 0 Å². The average molecular weight is 336 g/mol. The molecule has 2 aromatic heterocycles. The highest BCUT2D eigenvalue weighted by Crippen LogP contribution is 2.32. The maximum Gasteiger partial charge on any atom is 0.163 e. The Morgan fingerprint density at radius 2 is 1.73 bits per heavy atom. The van der Waals surface area contributed by atoms with E-state index in [-0.39, 0.29) is 0 Å². The van der Waals surface area contributed by atoms with Gasteiger partial charge < -0.3 is 0 Å². The molecular weight excluding hydrogens is 320 g/mol. The van der Waals surface area contributed by atoms with Crippen molar-refractivity contribution in [2.75, 3.05) is 0 Å². The Hall–Kier alpha value is -3.71. The van der Waals surface area contributed by atoms with Crippen molar-refractivity contribution >= 4 is 11.7 Å². The van der Waals surface area contributed by atoms with Crippen LogP contribution in [0.2, 0.25) is 0 Å². The van der Waals surface area contributed by atoms with Crippen molar-refractivity contribution in [1.82, 2.24) is 14.4 Å². The molecule has 0 N–H and O–H groups in total. The second kappa shape index (κ2) is 6.30. The molecule has 0 bridgehead atoms. The Morgan fingerprint density at radius 1 is 1.04 bits per heavy atom. The molecule has 0 amide bonds. The highest BCUT2D eigenvalue weighted by molar-refractivity contribution is 5.82. The molecule has 0 unspecified atom stereocenters. The van der Waals surface area contributed by atoms with Crippen molar-refractivity contribution in [2.45, 2.75) is 6.92 Å². The van der Waals surface area contributed by atoms with Gasteiger partial charge in [0.2, 0.25) is 0 Å². The molecular formula is C22H16N4. The van der Waals surface area contributed by atoms with Gasteiger partial charge in [-0.1, -0.05) is 48.5 Å². The van der Waals surface area contributed by atoms with Crippen LogP contribution in [0, 0.1) is 18.3 Å². The standard InChI is InChI=1S/C22H16N4/c1-3-19-22-24-12-13-26(22)21(18-8-4-15(2)5-9-18)20(25-19)17-10-6-16(14-23)7-11-17/h3-13H,1H2,2H3. The van der Waals surface area contributed by atoms with Gasteiger partial charge in [0.15, 0.2) is 5.65 Å². The van der Waals surface area contributed by atoms with Crippen LogP contribution in [0.25, 0.3) is 34.2 Å². The number of rotatable bonds is 3. The number of hydrogen-bond donors (Lipinski definition) is 0. The Morgan fingerprint density at radius 3 is 2.38 bits per heavy atom.